The molecule has 1 fully saturated rings. The van der Waals surface area contributed by atoms with Gasteiger partial charge in [-0.15, -0.1) is 0 Å². The van der Waals surface area contributed by atoms with E-state index in [1.807, 2.05) is 30.3 Å². The first-order chi connectivity index (χ1) is 11.1. The van der Waals surface area contributed by atoms with Gasteiger partial charge in [0.15, 0.2) is 0 Å². The minimum absolute atomic E-state index is 0.0113. The number of imidazole rings is 1. The maximum Gasteiger partial charge on any atom is 0.240 e. The number of aromatic amines is 1. The first kappa shape index (κ1) is 15.3. The number of nitrogens with zero attached hydrogens (tertiary/aromatic N) is 2. The number of primary amides is 1. The van der Waals surface area contributed by atoms with E-state index in [0.717, 1.165) is 17.7 Å². The van der Waals surface area contributed by atoms with Gasteiger partial charge in [0.2, 0.25) is 11.8 Å². The van der Waals surface area contributed by atoms with Crippen LogP contribution in [0, 0.1) is 5.92 Å². The average molecular weight is 312 g/mol. The topological polar surface area (TPSA) is 92.1 Å². The highest BCUT2D eigenvalue weighted by molar-refractivity contribution is 5.89. The number of carbonyl (C=O) groups is 2. The molecule has 1 saturated heterocycles. The highest BCUT2D eigenvalue weighted by Crippen LogP contribution is 2.25. The Bertz CT molecular complexity index is 669. The first-order valence-electron chi connectivity index (χ1n) is 7.76. The van der Waals surface area contributed by atoms with E-state index in [-0.39, 0.29) is 11.8 Å². The summed E-state index contributed by atoms with van der Waals surface area (Å²) in [5.41, 5.74) is 7.46. The molecule has 2 aromatic rings. The molecule has 2 amide bonds. The van der Waals surface area contributed by atoms with Crippen molar-refractivity contribution in [1.82, 2.24) is 14.9 Å². The van der Waals surface area contributed by atoms with Crippen LogP contribution in [0.2, 0.25) is 0 Å². The fourth-order valence-corrected chi connectivity index (χ4v) is 3.13. The summed E-state index contributed by atoms with van der Waals surface area (Å²) in [7, 11) is 0. The van der Waals surface area contributed by atoms with Gasteiger partial charge in [-0.1, -0.05) is 30.3 Å². The van der Waals surface area contributed by atoms with Gasteiger partial charge in [0, 0.05) is 30.8 Å². The van der Waals surface area contributed by atoms with Crippen LogP contribution < -0.4 is 5.73 Å². The number of likely N-dealkylation sites (tertiary alicyclic amines) is 1. The van der Waals surface area contributed by atoms with Crippen molar-refractivity contribution in [2.45, 2.75) is 25.3 Å². The van der Waals surface area contributed by atoms with Gasteiger partial charge in [-0.3, -0.25) is 9.59 Å². The summed E-state index contributed by atoms with van der Waals surface area (Å²) in [5, 5.41) is 0. The van der Waals surface area contributed by atoms with Gasteiger partial charge in [0.1, 0.15) is 6.04 Å². The van der Waals surface area contributed by atoms with Crippen molar-refractivity contribution >= 4 is 11.8 Å². The molecule has 2 atom stereocenters. The fraction of sp³-hybridized carbons (Fsp3) is 0.353. The Labute approximate surface area is 134 Å². The van der Waals surface area contributed by atoms with E-state index in [0.29, 0.717) is 19.4 Å². The van der Waals surface area contributed by atoms with Gasteiger partial charge < -0.3 is 15.6 Å². The quantitative estimate of drug-likeness (QED) is 0.830. The molecule has 3 rings (SSSR count). The van der Waals surface area contributed by atoms with Crippen molar-refractivity contribution in [1.29, 1.82) is 0 Å². The van der Waals surface area contributed by atoms with Crippen LogP contribution in [0.1, 0.15) is 17.7 Å². The minimum atomic E-state index is -0.622. The van der Waals surface area contributed by atoms with Crippen LogP contribution in [0.15, 0.2) is 42.9 Å². The van der Waals surface area contributed by atoms with Gasteiger partial charge >= 0.3 is 0 Å². The van der Waals surface area contributed by atoms with Gasteiger partial charge in [0.25, 0.3) is 0 Å². The molecular formula is C17H20N4O2. The lowest BCUT2D eigenvalue weighted by molar-refractivity contribution is -0.138. The predicted octanol–water partition coefficient (Wildman–Crippen LogP) is 0.897. The summed E-state index contributed by atoms with van der Waals surface area (Å²) >= 11 is 0. The SMILES string of the molecule is NC(=O)[C@H](Cc1cnc[nH]1)N1CC[C@@H](Cc2ccccc2)C1=O. The zero-order valence-corrected chi connectivity index (χ0v) is 12.8. The summed E-state index contributed by atoms with van der Waals surface area (Å²) in [6.07, 6.45) is 5.03. The second-order valence-electron chi connectivity index (χ2n) is 5.91. The summed E-state index contributed by atoms with van der Waals surface area (Å²) in [5.74, 6) is -0.550. The molecule has 6 heteroatoms. The molecule has 23 heavy (non-hydrogen) atoms. The van der Waals surface area contributed by atoms with Crippen molar-refractivity contribution in [3.05, 3.63) is 54.1 Å². The zero-order valence-electron chi connectivity index (χ0n) is 12.8. The maximum atomic E-state index is 12.7. The average Bonchev–Trinajstić information content (AvgIpc) is 3.17. The van der Waals surface area contributed by atoms with Crippen LogP contribution in [0.5, 0.6) is 0 Å². The Morgan fingerprint density at radius 2 is 2.17 bits per heavy atom. The molecule has 0 aliphatic carbocycles. The number of nitrogens with two attached hydrogens (primary N) is 1. The van der Waals surface area contributed by atoms with E-state index in [1.165, 1.54) is 0 Å². The number of benzene rings is 1. The lowest BCUT2D eigenvalue weighted by Crippen LogP contribution is -2.47. The molecule has 0 radical (unpaired) electrons. The van der Waals surface area contributed by atoms with Crippen molar-refractivity contribution in [2.75, 3.05) is 6.54 Å². The molecule has 1 aromatic carbocycles. The third-order valence-electron chi connectivity index (χ3n) is 4.35. The molecule has 3 N–H and O–H groups in total. The molecular weight excluding hydrogens is 292 g/mol. The second kappa shape index (κ2) is 6.64. The highest BCUT2D eigenvalue weighted by Gasteiger charge is 2.38. The number of amides is 2. The number of nitrogens with one attached hydrogen (secondary N) is 1. The number of rotatable bonds is 6. The zero-order chi connectivity index (χ0) is 16.2. The maximum absolute atomic E-state index is 12.7. The number of hydrogen-bond donors (Lipinski definition) is 2. The van der Waals surface area contributed by atoms with E-state index in [9.17, 15) is 9.59 Å². The van der Waals surface area contributed by atoms with E-state index in [2.05, 4.69) is 9.97 Å². The predicted molar refractivity (Wildman–Crippen MR) is 85.2 cm³/mol. The third-order valence-corrected chi connectivity index (χ3v) is 4.35. The molecule has 0 bridgehead atoms. The summed E-state index contributed by atoms with van der Waals surface area (Å²) in [4.78, 5) is 33.0. The minimum Gasteiger partial charge on any atom is -0.368 e. The summed E-state index contributed by atoms with van der Waals surface area (Å²) in [6, 6.07) is 9.31. The number of aromatic nitrogens is 2. The smallest absolute Gasteiger partial charge is 0.240 e. The molecule has 120 valence electrons. The van der Waals surface area contributed by atoms with Crippen molar-refractivity contribution < 1.29 is 9.59 Å². The molecule has 6 nitrogen and oxygen atoms in total. The molecule has 0 spiro atoms. The van der Waals surface area contributed by atoms with Gasteiger partial charge in [0.05, 0.1) is 6.33 Å². The van der Waals surface area contributed by atoms with Crippen LogP contribution in [0.25, 0.3) is 0 Å². The number of H-pyrrole nitrogens is 1. The monoisotopic (exact) mass is 312 g/mol. The van der Waals surface area contributed by atoms with E-state index >= 15 is 0 Å². The van der Waals surface area contributed by atoms with E-state index in [1.54, 1.807) is 17.4 Å². The van der Waals surface area contributed by atoms with Crippen LogP contribution in [-0.2, 0) is 22.4 Å². The molecule has 1 aliphatic heterocycles. The van der Waals surface area contributed by atoms with Crippen molar-refractivity contribution in [2.24, 2.45) is 11.7 Å². The normalized spacial score (nSPS) is 19.0. The first-order valence-corrected chi connectivity index (χ1v) is 7.76. The second-order valence-corrected chi connectivity index (χ2v) is 5.91. The largest absolute Gasteiger partial charge is 0.368 e. The molecule has 1 aliphatic rings. The lowest BCUT2D eigenvalue weighted by atomic mass is 9.98. The Kier molecular flexibility index (Phi) is 4.41. The summed E-state index contributed by atoms with van der Waals surface area (Å²) < 4.78 is 0. The lowest BCUT2D eigenvalue weighted by Gasteiger charge is -2.25. The van der Waals surface area contributed by atoms with Gasteiger partial charge in [-0.25, -0.2) is 4.98 Å². The standard InChI is InChI=1S/C17H20N4O2/c18-16(22)15(9-14-10-19-11-20-14)21-7-6-13(17(21)23)8-12-4-2-1-3-5-12/h1-5,10-11,13,15H,6-9H2,(H2,18,22)(H,19,20)/t13-,15-/m0/s1. The van der Waals surface area contributed by atoms with Gasteiger partial charge in [-0.2, -0.15) is 0 Å². The Morgan fingerprint density at radius 1 is 1.39 bits per heavy atom. The van der Waals surface area contributed by atoms with E-state index in [4.69, 9.17) is 5.73 Å². The highest BCUT2D eigenvalue weighted by atomic mass is 16.2. The molecule has 0 saturated carbocycles. The van der Waals surface area contributed by atoms with Crippen molar-refractivity contribution in [3.8, 4) is 0 Å². The Morgan fingerprint density at radius 3 is 2.83 bits per heavy atom. The molecule has 2 heterocycles. The van der Waals surface area contributed by atoms with Crippen LogP contribution in [0.4, 0.5) is 0 Å². The van der Waals surface area contributed by atoms with Crippen LogP contribution >= 0.6 is 0 Å². The van der Waals surface area contributed by atoms with Gasteiger partial charge in [-0.05, 0) is 18.4 Å². The van der Waals surface area contributed by atoms with Crippen molar-refractivity contribution in [3.63, 3.8) is 0 Å². The molecule has 0 unspecified atom stereocenters. The van der Waals surface area contributed by atoms with Crippen LogP contribution in [-0.4, -0.2) is 39.3 Å². The Hall–Kier alpha value is -2.63. The fourth-order valence-electron chi connectivity index (χ4n) is 3.13. The summed E-state index contributed by atoms with van der Waals surface area (Å²) in [6.45, 7) is 0.568. The molecule has 1 aromatic heterocycles. The Balaban J connectivity index is 1.70. The van der Waals surface area contributed by atoms with Crippen LogP contribution in [0.3, 0.4) is 0 Å². The van der Waals surface area contributed by atoms with E-state index < -0.39 is 11.9 Å². The third kappa shape index (κ3) is 3.41. The number of carbonyl (C=O) groups excluding carboxylic acids is 2. The number of hydrogen-bond acceptors (Lipinski definition) is 3.